The summed E-state index contributed by atoms with van der Waals surface area (Å²) in [5, 5.41) is 5.67. The van der Waals surface area contributed by atoms with Gasteiger partial charge in [0.15, 0.2) is 6.61 Å². The fourth-order valence-electron chi connectivity index (χ4n) is 4.49. The Balaban J connectivity index is 1.35. The third kappa shape index (κ3) is 5.65. The Morgan fingerprint density at radius 3 is 2.82 bits per heavy atom. The third-order valence-electron chi connectivity index (χ3n) is 6.34. The third-order valence-corrected chi connectivity index (χ3v) is 8.34. The molecule has 4 rings (SSSR count). The summed E-state index contributed by atoms with van der Waals surface area (Å²) in [6.07, 6.45) is 2.15. The quantitative estimate of drug-likeness (QED) is 0.548. The van der Waals surface area contributed by atoms with Gasteiger partial charge in [0.1, 0.15) is 5.75 Å². The van der Waals surface area contributed by atoms with Crippen LogP contribution in [0.15, 0.2) is 17.0 Å². The number of carbonyl (C=O) groups is 2. The predicted molar refractivity (Wildman–Crippen MR) is 122 cm³/mol. The number of fused-ring (bicyclic) bond motifs is 1. The molecule has 11 heteroatoms. The highest BCUT2D eigenvalue weighted by Crippen LogP contribution is 2.35. The molecule has 0 aliphatic carbocycles. The fraction of sp³-hybridized carbons (Fsp3) is 0.636. The molecule has 182 valence electrons. The highest BCUT2D eigenvalue weighted by molar-refractivity contribution is 7.89. The van der Waals surface area contributed by atoms with E-state index in [9.17, 15) is 18.0 Å². The number of carbonyl (C=O) groups excluding carboxylic acids is 2. The summed E-state index contributed by atoms with van der Waals surface area (Å²) >= 11 is 0. The van der Waals surface area contributed by atoms with Gasteiger partial charge in [-0.3, -0.25) is 14.5 Å². The number of hydrogen-bond donors (Lipinski definition) is 2. The van der Waals surface area contributed by atoms with Crippen molar-refractivity contribution in [1.82, 2.24) is 14.5 Å². The van der Waals surface area contributed by atoms with Crippen LogP contribution in [0, 0.1) is 12.8 Å². The number of anilines is 1. The molecule has 0 saturated carbocycles. The lowest BCUT2D eigenvalue weighted by atomic mass is 9.99. The van der Waals surface area contributed by atoms with Gasteiger partial charge in [-0.25, -0.2) is 8.42 Å². The predicted octanol–water partition coefficient (Wildman–Crippen LogP) is 0.565. The molecule has 2 N–H and O–H groups in total. The van der Waals surface area contributed by atoms with Gasteiger partial charge < -0.3 is 20.1 Å². The van der Waals surface area contributed by atoms with E-state index >= 15 is 0 Å². The minimum absolute atomic E-state index is 0.0925. The van der Waals surface area contributed by atoms with Crippen LogP contribution in [-0.2, 0) is 24.3 Å². The minimum Gasteiger partial charge on any atom is -0.482 e. The fourth-order valence-corrected chi connectivity index (χ4v) is 6.24. The Hall–Kier alpha value is -2.21. The van der Waals surface area contributed by atoms with Gasteiger partial charge in [-0.05, 0) is 44.4 Å². The standard InChI is InChI=1S/C22H32N4O6S/c1-16-12-18-19(32-15-21(27)24-18)13-20(16)33(29,30)26-7-2-4-17(14-26)22(28)23-5-3-6-25-8-10-31-11-9-25/h12-13,17H,2-11,14-15H2,1H3,(H,23,28)(H,24,27)/t17-/m0/s1. The minimum atomic E-state index is -3.80. The summed E-state index contributed by atoms with van der Waals surface area (Å²) < 4.78 is 38.9. The normalized spacial score (nSPS) is 22.2. The van der Waals surface area contributed by atoms with E-state index in [1.165, 1.54) is 10.4 Å². The van der Waals surface area contributed by atoms with Gasteiger partial charge in [0.05, 0.1) is 29.7 Å². The maximum atomic E-state index is 13.4. The van der Waals surface area contributed by atoms with E-state index in [0.717, 1.165) is 39.3 Å². The number of rotatable bonds is 7. The molecule has 1 atom stereocenters. The van der Waals surface area contributed by atoms with Crippen molar-refractivity contribution in [2.45, 2.75) is 31.1 Å². The van der Waals surface area contributed by atoms with Crippen LogP contribution in [0.25, 0.3) is 0 Å². The summed E-state index contributed by atoms with van der Waals surface area (Å²) in [4.78, 5) is 26.7. The molecule has 1 aromatic rings. The van der Waals surface area contributed by atoms with E-state index in [-0.39, 0.29) is 35.8 Å². The van der Waals surface area contributed by atoms with Crippen molar-refractivity contribution in [1.29, 1.82) is 0 Å². The van der Waals surface area contributed by atoms with E-state index < -0.39 is 10.0 Å². The average Bonchev–Trinajstić information content (AvgIpc) is 2.82. The highest BCUT2D eigenvalue weighted by Gasteiger charge is 2.35. The number of benzene rings is 1. The molecule has 1 aromatic carbocycles. The maximum absolute atomic E-state index is 13.4. The first-order valence-corrected chi connectivity index (χ1v) is 12.9. The van der Waals surface area contributed by atoms with Crippen LogP contribution in [-0.4, -0.2) is 88.5 Å². The molecule has 2 amide bonds. The van der Waals surface area contributed by atoms with Crippen LogP contribution in [0.5, 0.6) is 5.75 Å². The molecular formula is C22H32N4O6S. The number of amides is 2. The number of nitrogens with one attached hydrogen (secondary N) is 2. The van der Waals surface area contributed by atoms with Crippen molar-refractivity contribution >= 4 is 27.5 Å². The van der Waals surface area contributed by atoms with Gasteiger partial charge in [0, 0.05) is 38.8 Å². The van der Waals surface area contributed by atoms with Crippen LogP contribution < -0.4 is 15.4 Å². The molecule has 3 aliphatic rings. The summed E-state index contributed by atoms with van der Waals surface area (Å²) in [6, 6.07) is 3.08. The Labute approximate surface area is 194 Å². The van der Waals surface area contributed by atoms with Gasteiger partial charge in [0.2, 0.25) is 15.9 Å². The van der Waals surface area contributed by atoms with Crippen LogP contribution in [0.3, 0.4) is 0 Å². The Morgan fingerprint density at radius 2 is 2.03 bits per heavy atom. The van der Waals surface area contributed by atoms with Crippen LogP contribution >= 0.6 is 0 Å². The molecule has 33 heavy (non-hydrogen) atoms. The van der Waals surface area contributed by atoms with Gasteiger partial charge >= 0.3 is 0 Å². The first-order chi connectivity index (χ1) is 15.8. The van der Waals surface area contributed by atoms with Crippen LogP contribution in [0.4, 0.5) is 5.69 Å². The summed E-state index contributed by atoms with van der Waals surface area (Å²) in [5.41, 5.74) is 0.991. The number of aryl methyl sites for hydroxylation is 1. The number of piperidine rings is 1. The van der Waals surface area contributed by atoms with Crippen molar-refractivity contribution in [3.63, 3.8) is 0 Å². The van der Waals surface area contributed by atoms with Gasteiger partial charge in [-0.15, -0.1) is 0 Å². The topological polar surface area (TPSA) is 117 Å². The first-order valence-electron chi connectivity index (χ1n) is 11.5. The number of sulfonamides is 1. The molecular weight excluding hydrogens is 448 g/mol. The molecule has 3 heterocycles. The number of nitrogens with zero attached hydrogens (tertiary/aromatic N) is 2. The molecule has 0 aromatic heterocycles. The Morgan fingerprint density at radius 1 is 1.24 bits per heavy atom. The van der Waals surface area contributed by atoms with E-state index in [2.05, 4.69) is 15.5 Å². The van der Waals surface area contributed by atoms with Gasteiger partial charge in [-0.1, -0.05) is 0 Å². The van der Waals surface area contributed by atoms with E-state index in [4.69, 9.17) is 9.47 Å². The Bertz CT molecular complexity index is 993. The lowest BCUT2D eigenvalue weighted by molar-refractivity contribution is -0.126. The summed E-state index contributed by atoms with van der Waals surface area (Å²) in [7, 11) is -3.80. The molecule has 0 unspecified atom stereocenters. The number of morpholine rings is 1. The van der Waals surface area contributed by atoms with Gasteiger partial charge in [-0.2, -0.15) is 4.31 Å². The first kappa shape index (κ1) is 23.9. The van der Waals surface area contributed by atoms with Crippen LogP contribution in [0.2, 0.25) is 0 Å². The monoisotopic (exact) mass is 480 g/mol. The lowest BCUT2D eigenvalue weighted by Gasteiger charge is -2.32. The molecule has 3 aliphatic heterocycles. The molecule has 0 spiro atoms. The van der Waals surface area contributed by atoms with E-state index in [1.807, 2.05) is 0 Å². The zero-order valence-electron chi connectivity index (χ0n) is 19.0. The smallest absolute Gasteiger partial charge is 0.262 e. The SMILES string of the molecule is Cc1cc2c(cc1S(=O)(=O)N1CCC[C@H](C(=O)NCCCN3CCOCC3)C1)OCC(=O)N2. The molecule has 0 bridgehead atoms. The van der Waals surface area contributed by atoms with Crippen molar-refractivity contribution < 1.29 is 27.5 Å². The molecule has 2 fully saturated rings. The number of ether oxygens (including phenoxy) is 2. The van der Waals surface area contributed by atoms with E-state index in [1.54, 1.807) is 13.0 Å². The second-order valence-electron chi connectivity index (χ2n) is 8.75. The van der Waals surface area contributed by atoms with Gasteiger partial charge in [0.25, 0.3) is 5.91 Å². The second-order valence-corrected chi connectivity index (χ2v) is 10.7. The Kier molecular flexibility index (Phi) is 7.52. The van der Waals surface area contributed by atoms with E-state index in [0.29, 0.717) is 42.9 Å². The maximum Gasteiger partial charge on any atom is 0.262 e. The largest absolute Gasteiger partial charge is 0.482 e. The summed E-state index contributed by atoms with van der Waals surface area (Å²) in [5.74, 6) is -0.395. The van der Waals surface area contributed by atoms with Crippen molar-refractivity contribution in [2.75, 3.05) is 64.4 Å². The molecule has 0 radical (unpaired) electrons. The summed E-state index contributed by atoms with van der Waals surface area (Å²) in [6.45, 7) is 6.91. The lowest BCUT2D eigenvalue weighted by Crippen LogP contribution is -2.46. The zero-order chi connectivity index (χ0) is 23.4. The zero-order valence-corrected chi connectivity index (χ0v) is 19.8. The molecule has 2 saturated heterocycles. The number of hydrogen-bond acceptors (Lipinski definition) is 7. The van der Waals surface area contributed by atoms with Crippen molar-refractivity contribution in [3.8, 4) is 5.75 Å². The van der Waals surface area contributed by atoms with Crippen molar-refractivity contribution in [3.05, 3.63) is 17.7 Å². The highest BCUT2D eigenvalue weighted by atomic mass is 32.2. The molecule has 10 nitrogen and oxygen atoms in total. The second kappa shape index (κ2) is 10.4. The average molecular weight is 481 g/mol. The van der Waals surface area contributed by atoms with Crippen LogP contribution in [0.1, 0.15) is 24.8 Å². The van der Waals surface area contributed by atoms with Crippen molar-refractivity contribution in [2.24, 2.45) is 5.92 Å².